The Balaban J connectivity index is 2.27. The van der Waals surface area contributed by atoms with Gasteiger partial charge in [-0.1, -0.05) is 72.6 Å². The number of rotatable bonds is 15. The van der Waals surface area contributed by atoms with Gasteiger partial charge in [0.1, 0.15) is 12.3 Å². The predicted octanol–water partition coefficient (Wildman–Crippen LogP) is 6.51. The molecular formula is C28H44N2O3. The van der Waals surface area contributed by atoms with Crippen molar-refractivity contribution in [2.24, 2.45) is 0 Å². The summed E-state index contributed by atoms with van der Waals surface area (Å²) in [6.07, 6.45) is 10.4. The third-order valence-electron chi connectivity index (χ3n) is 6.41. The van der Waals surface area contributed by atoms with Crippen molar-refractivity contribution in [2.45, 2.75) is 97.9 Å². The molecule has 0 aliphatic heterocycles. The molecule has 2 rings (SSSR count). The number of fused-ring (bicyclic) bond motifs is 1. The van der Waals surface area contributed by atoms with E-state index in [2.05, 4.69) is 13.8 Å². The average molecular weight is 457 g/mol. The molecule has 0 unspecified atom stereocenters. The Hall–Kier alpha value is -2.30. The molecule has 5 nitrogen and oxygen atoms in total. The molecule has 1 heterocycles. The number of pyridine rings is 1. The van der Waals surface area contributed by atoms with Crippen molar-refractivity contribution in [2.75, 3.05) is 20.2 Å². The molecule has 0 aliphatic carbocycles. The molecule has 0 radical (unpaired) electrons. The summed E-state index contributed by atoms with van der Waals surface area (Å²) in [4.78, 5) is 28.8. The van der Waals surface area contributed by atoms with Crippen LogP contribution in [0.25, 0.3) is 10.9 Å². The third-order valence-corrected chi connectivity index (χ3v) is 6.41. The van der Waals surface area contributed by atoms with Crippen LogP contribution in [0.15, 0.2) is 29.1 Å². The number of carbonyl (C=O) groups excluding carboxylic acids is 1. The van der Waals surface area contributed by atoms with Crippen LogP contribution >= 0.6 is 0 Å². The SMILES string of the molecule is CCCCCCCCN(CCCCC)C(=O)Cn1c(=O)c(C(C)C)cc2ccc(OC)cc21. The van der Waals surface area contributed by atoms with E-state index in [4.69, 9.17) is 4.74 Å². The van der Waals surface area contributed by atoms with Crippen molar-refractivity contribution < 1.29 is 9.53 Å². The Morgan fingerprint density at radius 2 is 1.55 bits per heavy atom. The number of hydrogen-bond acceptors (Lipinski definition) is 3. The first-order valence-electron chi connectivity index (χ1n) is 12.9. The van der Waals surface area contributed by atoms with Crippen LogP contribution in [0.2, 0.25) is 0 Å². The number of aromatic nitrogens is 1. The van der Waals surface area contributed by atoms with Crippen molar-refractivity contribution in [1.29, 1.82) is 0 Å². The lowest BCUT2D eigenvalue weighted by Crippen LogP contribution is -2.38. The molecule has 0 atom stereocenters. The molecule has 5 heteroatoms. The molecule has 0 bridgehead atoms. The van der Waals surface area contributed by atoms with E-state index >= 15 is 0 Å². The zero-order valence-corrected chi connectivity index (χ0v) is 21.5. The smallest absolute Gasteiger partial charge is 0.254 e. The van der Waals surface area contributed by atoms with Crippen molar-refractivity contribution in [1.82, 2.24) is 9.47 Å². The highest BCUT2D eigenvalue weighted by molar-refractivity contribution is 5.84. The molecule has 0 saturated heterocycles. The van der Waals surface area contributed by atoms with Crippen molar-refractivity contribution in [3.05, 3.63) is 40.2 Å². The van der Waals surface area contributed by atoms with Gasteiger partial charge in [0.05, 0.1) is 12.6 Å². The van der Waals surface area contributed by atoms with E-state index in [9.17, 15) is 9.59 Å². The number of ether oxygens (including phenoxy) is 1. The van der Waals surface area contributed by atoms with Crippen molar-refractivity contribution >= 4 is 16.8 Å². The first-order chi connectivity index (χ1) is 15.9. The van der Waals surface area contributed by atoms with E-state index in [1.54, 1.807) is 11.7 Å². The van der Waals surface area contributed by atoms with Gasteiger partial charge in [0, 0.05) is 24.7 Å². The molecule has 0 aliphatic rings. The maximum absolute atomic E-state index is 13.4. The standard InChI is InChI=1S/C28H44N2O3/c1-6-8-10-11-12-14-18-29(17-13-9-7-2)27(31)21-30-26-20-24(33-5)16-15-23(26)19-25(22(3)4)28(30)32/h15-16,19-20,22H,6-14,17-18,21H2,1-5H3. The molecule has 0 N–H and O–H groups in total. The van der Waals surface area contributed by atoms with Crippen LogP contribution in [0.1, 0.15) is 97.0 Å². The van der Waals surface area contributed by atoms with Crippen LogP contribution in [-0.4, -0.2) is 35.6 Å². The lowest BCUT2D eigenvalue weighted by atomic mass is 10.0. The number of unbranched alkanes of at least 4 members (excludes halogenated alkanes) is 7. The average Bonchev–Trinajstić information content (AvgIpc) is 2.81. The Kier molecular flexibility index (Phi) is 11.5. The molecule has 2 aromatic rings. The minimum absolute atomic E-state index is 0.0341. The van der Waals surface area contributed by atoms with E-state index < -0.39 is 0 Å². The van der Waals surface area contributed by atoms with Gasteiger partial charge < -0.3 is 9.64 Å². The fourth-order valence-electron chi connectivity index (χ4n) is 4.30. The zero-order valence-electron chi connectivity index (χ0n) is 21.5. The number of benzene rings is 1. The van der Waals surface area contributed by atoms with Crippen LogP contribution in [-0.2, 0) is 11.3 Å². The molecule has 1 aromatic heterocycles. The lowest BCUT2D eigenvalue weighted by Gasteiger charge is -2.24. The van der Waals surface area contributed by atoms with E-state index in [1.807, 2.05) is 43.0 Å². The number of amides is 1. The summed E-state index contributed by atoms with van der Waals surface area (Å²) in [5, 5.41) is 0.959. The summed E-state index contributed by atoms with van der Waals surface area (Å²) >= 11 is 0. The molecule has 0 fully saturated rings. The molecular weight excluding hydrogens is 412 g/mol. The number of carbonyl (C=O) groups is 1. The summed E-state index contributed by atoms with van der Waals surface area (Å²) < 4.78 is 7.05. The minimum Gasteiger partial charge on any atom is -0.497 e. The molecule has 0 spiro atoms. The van der Waals surface area contributed by atoms with Crippen LogP contribution < -0.4 is 10.3 Å². The molecule has 1 aromatic carbocycles. The summed E-state index contributed by atoms with van der Waals surface area (Å²) in [5.74, 6) is 0.813. The van der Waals surface area contributed by atoms with Crippen LogP contribution in [0.5, 0.6) is 5.75 Å². The van der Waals surface area contributed by atoms with Gasteiger partial charge in [0.2, 0.25) is 5.91 Å². The van der Waals surface area contributed by atoms with Gasteiger partial charge in [0.25, 0.3) is 5.56 Å². The maximum atomic E-state index is 13.4. The molecule has 33 heavy (non-hydrogen) atoms. The quantitative estimate of drug-likeness (QED) is 0.287. The van der Waals surface area contributed by atoms with Crippen LogP contribution in [0.4, 0.5) is 0 Å². The zero-order chi connectivity index (χ0) is 24.2. The van der Waals surface area contributed by atoms with Gasteiger partial charge >= 0.3 is 0 Å². The van der Waals surface area contributed by atoms with Gasteiger partial charge in [-0.2, -0.15) is 0 Å². The Morgan fingerprint density at radius 1 is 0.939 bits per heavy atom. The topological polar surface area (TPSA) is 51.5 Å². The Bertz CT molecular complexity index is 933. The fraction of sp³-hybridized carbons (Fsp3) is 0.643. The van der Waals surface area contributed by atoms with Gasteiger partial charge in [-0.05, 0) is 42.3 Å². The van der Waals surface area contributed by atoms with E-state index in [-0.39, 0.29) is 23.9 Å². The monoisotopic (exact) mass is 456 g/mol. The van der Waals surface area contributed by atoms with Gasteiger partial charge in [0.15, 0.2) is 0 Å². The predicted molar refractivity (Wildman–Crippen MR) is 138 cm³/mol. The van der Waals surface area contributed by atoms with Crippen molar-refractivity contribution in [3.8, 4) is 5.75 Å². The summed E-state index contributed by atoms with van der Waals surface area (Å²) in [6.45, 7) is 10.1. The van der Waals surface area contributed by atoms with E-state index in [1.165, 1.54) is 25.7 Å². The van der Waals surface area contributed by atoms with Gasteiger partial charge in [-0.25, -0.2) is 0 Å². The Labute approximate surface area is 200 Å². The van der Waals surface area contributed by atoms with E-state index in [0.717, 1.165) is 61.7 Å². The second-order valence-corrected chi connectivity index (χ2v) is 9.43. The van der Waals surface area contributed by atoms with Gasteiger partial charge in [-0.3, -0.25) is 14.2 Å². The second kappa shape index (κ2) is 14.1. The molecule has 184 valence electrons. The molecule has 0 saturated carbocycles. The fourth-order valence-corrected chi connectivity index (χ4v) is 4.30. The highest BCUT2D eigenvalue weighted by Crippen LogP contribution is 2.23. The highest BCUT2D eigenvalue weighted by Gasteiger charge is 2.18. The maximum Gasteiger partial charge on any atom is 0.254 e. The normalized spacial score (nSPS) is 11.3. The molecule has 1 amide bonds. The highest BCUT2D eigenvalue weighted by atomic mass is 16.5. The summed E-state index contributed by atoms with van der Waals surface area (Å²) in [5.41, 5.74) is 1.42. The number of methoxy groups -OCH3 is 1. The van der Waals surface area contributed by atoms with Crippen molar-refractivity contribution in [3.63, 3.8) is 0 Å². The largest absolute Gasteiger partial charge is 0.497 e. The summed E-state index contributed by atoms with van der Waals surface area (Å²) in [7, 11) is 1.62. The number of nitrogens with zero attached hydrogens (tertiary/aromatic N) is 2. The van der Waals surface area contributed by atoms with Crippen LogP contribution in [0, 0.1) is 0 Å². The minimum atomic E-state index is -0.0767. The third kappa shape index (κ3) is 7.90. The second-order valence-electron chi connectivity index (χ2n) is 9.43. The number of hydrogen-bond donors (Lipinski definition) is 0. The first kappa shape index (κ1) is 26.9. The Morgan fingerprint density at radius 3 is 2.18 bits per heavy atom. The van der Waals surface area contributed by atoms with Crippen LogP contribution in [0.3, 0.4) is 0 Å². The van der Waals surface area contributed by atoms with Gasteiger partial charge in [-0.15, -0.1) is 0 Å². The first-order valence-corrected chi connectivity index (χ1v) is 12.9. The van der Waals surface area contributed by atoms with E-state index in [0.29, 0.717) is 5.75 Å². The lowest BCUT2D eigenvalue weighted by molar-refractivity contribution is -0.132. The summed E-state index contributed by atoms with van der Waals surface area (Å²) in [6, 6.07) is 7.69.